The minimum absolute atomic E-state index is 0.0580. The highest BCUT2D eigenvalue weighted by atomic mass is 16.6. The maximum absolute atomic E-state index is 12.4. The minimum Gasteiger partial charge on any atom is -0.449 e. The van der Waals surface area contributed by atoms with Gasteiger partial charge in [0.25, 0.3) is 0 Å². The summed E-state index contributed by atoms with van der Waals surface area (Å²) in [5.41, 5.74) is 0.929. The predicted octanol–water partition coefficient (Wildman–Crippen LogP) is 7.05. The number of rotatable bonds is 5. The molecule has 5 fully saturated rings. The standard InChI is InChI=1S/C30H51NO3/c1-4-21-19-24-25-11-10-22(9-8-18-34-28(33)31-16-6-5-7-17-31)29(25,2)15-13-26(24)30(3)14-12-23(32)20-27(21)30/h21-27,32H,4-20H2,1-3H3/t21-,22?,23?,24?,25?,26-,27?,29?,30?/m0/s1. The van der Waals surface area contributed by atoms with Gasteiger partial charge in [0.15, 0.2) is 0 Å². The van der Waals surface area contributed by atoms with E-state index in [1.807, 2.05) is 4.90 Å². The minimum atomic E-state index is -0.0797. The first-order valence-electron chi connectivity index (χ1n) is 15.0. The van der Waals surface area contributed by atoms with E-state index in [2.05, 4.69) is 20.8 Å². The highest BCUT2D eigenvalue weighted by Gasteiger charge is 2.61. The molecule has 0 aromatic heterocycles. The Morgan fingerprint density at radius 3 is 2.44 bits per heavy atom. The lowest BCUT2D eigenvalue weighted by Crippen LogP contribution is -2.56. The molecular formula is C30H51NO3. The molecule has 1 heterocycles. The van der Waals surface area contributed by atoms with Crippen molar-refractivity contribution in [1.29, 1.82) is 0 Å². The first-order valence-corrected chi connectivity index (χ1v) is 15.0. The molecule has 1 saturated heterocycles. The highest BCUT2D eigenvalue weighted by Crippen LogP contribution is 2.69. The lowest BCUT2D eigenvalue weighted by Gasteiger charge is -2.63. The molecule has 1 N–H and O–H groups in total. The number of carbonyl (C=O) groups excluding carboxylic acids is 1. The molecule has 9 atom stereocenters. The Bertz CT molecular complexity index is 720. The summed E-state index contributed by atoms with van der Waals surface area (Å²) in [4.78, 5) is 14.3. The van der Waals surface area contributed by atoms with Gasteiger partial charge in [-0.25, -0.2) is 4.79 Å². The van der Waals surface area contributed by atoms with E-state index in [4.69, 9.17) is 4.74 Å². The van der Waals surface area contributed by atoms with Crippen molar-refractivity contribution in [2.45, 2.75) is 117 Å². The summed E-state index contributed by atoms with van der Waals surface area (Å²) < 4.78 is 5.67. The van der Waals surface area contributed by atoms with Gasteiger partial charge in [0.2, 0.25) is 0 Å². The second-order valence-corrected chi connectivity index (χ2v) is 13.4. The molecule has 1 amide bonds. The van der Waals surface area contributed by atoms with E-state index in [9.17, 15) is 9.90 Å². The Kier molecular flexibility index (Phi) is 7.28. The number of aliphatic hydroxyl groups excluding tert-OH is 1. The van der Waals surface area contributed by atoms with Gasteiger partial charge in [-0.2, -0.15) is 0 Å². The second kappa shape index (κ2) is 9.94. The SMILES string of the molecule is CC[C@H]1CC2C3CCC(CCCOC(=O)N4CCCCC4)C3(C)CC[C@@H]2C2(C)CCC(O)CC12. The van der Waals surface area contributed by atoms with Crippen molar-refractivity contribution in [3.8, 4) is 0 Å². The van der Waals surface area contributed by atoms with Crippen molar-refractivity contribution >= 4 is 6.09 Å². The quantitative estimate of drug-likeness (QED) is 0.435. The van der Waals surface area contributed by atoms with Gasteiger partial charge in [0.1, 0.15) is 0 Å². The van der Waals surface area contributed by atoms with E-state index in [-0.39, 0.29) is 12.2 Å². The lowest BCUT2D eigenvalue weighted by molar-refractivity contribution is -0.150. The summed E-state index contributed by atoms with van der Waals surface area (Å²) in [5.74, 6) is 4.98. The molecule has 0 spiro atoms. The molecule has 0 aromatic rings. The summed E-state index contributed by atoms with van der Waals surface area (Å²) >= 11 is 0. The van der Waals surface area contributed by atoms with E-state index in [1.54, 1.807) is 0 Å². The fourth-order valence-electron chi connectivity index (χ4n) is 10.2. The number of hydrogen-bond acceptors (Lipinski definition) is 3. The molecule has 4 heteroatoms. The number of fused-ring (bicyclic) bond motifs is 5. The number of hydrogen-bond donors (Lipinski definition) is 1. The predicted molar refractivity (Wildman–Crippen MR) is 136 cm³/mol. The first-order chi connectivity index (χ1) is 16.4. The average Bonchev–Trinajstić information content (AvgIpc) is 3.18. The van der Waals surface area contributed by atoms with Crippen molar-refractivity contribution in [2.75, 3.05) is 19.7 Å². The second-order valence-electron chi connectivity index (χ2n) is 13.4. The lowest BCUT2D eigenvalue weighted by atomic mass is 9.42. The van der Waals surface area contributed by atoms with Gasteiger partial charge in [-0.3, -0.25) is 0 Å². The molecule has 4 aliphatic carbocycles. The summed E-state index contributed by atoms with van der Waals surface area (Å²) in [6, 6.07) is 0. The zero-order chi connectivity index (χ0) is 23.9. The van der Waals surface area contributed by atoms with Gasteiger partial charge in [0.05, 0.1) is 12.7 Å². The monoisotopic (exact) mass is 473 g/mol. The van der Waals surface area contributed by atoms with Gasteiger partial charge >= 0.3 is 6.09 Å². The largest absolute Gasteiger partial charge is 0.449 e. The number of piperidine rings is 1. The Hall–Kier alpha value is -0.770. The fraction of sp³-hybridized carbons (Fsp3) is 0.967. The number of ether oxygens (including phenoxy) is 1. The van der Waals surface area contributed by atoms with Gasteiger partial charge in [0, 0.05) is 13.1 Å². The Labute approximate surface area is 208 Å². The van der Waals surface area contributed by atoms with Crippen LogP contribution in [0.2, 0.25) is 0 Å². The normalized spacial score (nSPS) is 46.4. The van der Waals surface area contributed by atoms with Crippen molar-refractivity contribution < 1.29 is 14.6 Å². The van der Waals surface area contributed by atoms with E-state index in [0.717, 1.165) is 80.7 Å². The van der Waals surface area contributed by atoms with Crippen LogP contribution in [0.4, 0.5) is 4.79 Å². The van der Waals surface area contributed by atoms with Crippen molar-refractivity contribution in [1.82, 2.24) is 4.90 Å². The van der Waals surface area contributed by atoms with Crippen LogP contribution in [0.15, 0.2) is 0 Å². The molecule has 1 aliphatic heterocycles. The zero-order valence-electron chi connectivity index (χ0n) is 22.3. The summed E-state index contributed by atoms with van der Waals surface area (Å²) in [6.45, 7) is 10.00. The Balaban J connectivity index is 1.19. The number of nitrogens with zero attached hydrogens (tertiary/aromatic N) is 1. The third-order valence-electron chi connectivity index (χ3n) is 12.1. The van der Waals surface area contributed by atoms with Crippen LogP contribution < -0.4 is 0 Å². The topological polar surface area (TPSA) is 49.8 Å². The molecule has 34 heavy (non-hydrogen) atoms. The van der Waals surface area contributed by atoms with E-state index in [0.29, 0.717) is 17.4 Å². The van der Waals surface area contributed by atoms with E-state index in [1.165, 1.54) is 57.8 Å². The van der Waals surface area contributed by atoms with Gasteiger partial charge < -0.3 is 14.7 Å². The van der Waals surface area contributed by atoms with Crippen LogP contribution in [0.1, 0.15) is 111 Å². The Morgan fingerprint density at radius 2 is 1.68 bits per heavy atom. The summed E-state index contributed by atoms with van der Waals surface area (Å²) in [5, 5.41) is 10.5. The maximum Gasteiger partial charge on any atom is 0.409 e. The molecule has 0 bridgehead atoms. The number of aliphatic hydroxyl groups is 1. The Morgan fingerprint density at radius 1 is 0.941 bits per heavy atom. The summed E-state index contributed by atoms with van der Waals surface area (Å²) in [6.07, 6.45) is 17.2. The molecular weight excluding hydrogens is 422 g/mol. The van der Waals surface area contributed by atoms with Gasteiger partial charge in [-0.1, -0.05) is 27.2 Å². The van der Waals surface area contributed by atoms with Crippen LogP contribution >= 0.6 is 0 Å². The van der Waals surface area contributed by atoms with Crippen LogP contribution in [-0.4, -0.2) is 41.9 Å². The van der Waals surface area contributed by atoms with Gasteiger partial charge in [-0.05, 0) is 130 Å². The van der Waals surface area contributed by atoms with Gasteiger partial charge in [-0.15, -0.1) is 0 Å². The smallest absolute Gasteiger partial charge is 0.409 e. The highest BCUT2D eigenvalue weighted by molar-refractivity contribution is 5.67. The number of carbonyl (C=O) groups is 1. The van der Waals surface area contributed by atoms with Crippen LogP contribution in [-0.2, 0) is 4.74 Å². The van der Waals surface area contributed by atoms with Crippen LogP contribution in [0.25, 0.3) is 0 Å². The van der Waals surface area contributed by atoms with Crippen molar-refractivity contribution in [3.63, 3.8) is 0 Å². The third-order valence-corrected chi connectivity index (χ3v) is 12.1. The maximum atomic E-state index is 12.4. The van der Waals surface area contributed by atoms with Crippen LogP contribution in [0.5, 0.6) is 0 Å². The average molecular weight is 474 g/mol. The molecule has 5 aliphatic rings. The van der Waals surface area contributed by atoms with Crippen molar-refractivity contribution in [2.24, 2.45) is 46.3 Å². The molecule has 7 unspecified atom stereocenters. The third kappa shape index (κ3) is 4.33. The van der Waals surface area contributed by atoms with Crippen LogP contribution in [0, 0.1) is 46.3 Å². The van der Waals surface area contributed by atoms with Crippen molar-refractivity contribution in [3.05, 3.63) is 0 Å². The number of amides is 1. The van der Waals surface area contributed by atoms with Crippen LogP contribution in [0.3, 0.4) is 0 Å². The number of likely N-dealkylation sites (tertiary alicyclic amines) is 1. The summed E-state index contributed by atoms with van der Waals surface area (Å²) in [7, 11) is 0. The molecule has 4 saturated carbocycles. The molecule has 194 valence electrons. The first kappa shape index (κ1) is 24.9. The molecule has 0 aromatic carbocycles. The molecule has 0 radical (unpaired) electrons. The van der Waals surface area contributed by atoms with E-state index < -0.39 is 0 Å². The molecule has 4 nitrogen and oxygen atoms in total. The zero-order valence-corrected chi connectivity index (χ0v) is 22.3. The van der Waals surface area contributed by atoms with E-state index >= 15 is 0 Å². The molecule has 5 rings (SSSR count). The fourth-order valence-corrected chi connectivity index (χ4v) is 10.2.